The molecule has 0 aliphatic heterocycles. The van der Waals surface area contributed by atoms with E-state index in [2.05, 4.69) is 35.7 Å². The number of hydrogen-bond acceptors (Lipinski definition) is 6. The van der Waals surface area contributed by atoms with Gasteiger partial charge >= 0.3 is 5.97 Å². The zero-order chi connectivity index (χ0) is 26.4. The number of thiazole rings is 1. The molecular weight excluding hydrogens is 446 g/mol. The molecule has 1 aromatic heterocycles. The summed E-state index contributed by atoms with van der Waals surface area (Å²) in [6, 6.07) is 5.77. The van der Waals surface area contributed by atoms with Crippen LogP contribution in [0.25, 0.3) is 6.08 Å². The molecule has 0 aliphatic rings. The monoisotopic (exact) mass is 491 g/mol. The third-order valence-corrected chi connectivity index (χ3v) is 5.16. The van der Waals surface area contributed by atoms with Gasteiger partial charge in [-0.1, -0.05) is 85.9 Å². The molecule has 0 saturated heterocycles. The Morgan fingerprint density at radius 3 is 2.32 bits per heavy atom. The van der Waals surface area contributed by atoms with Crippen molar-refractivity contribution in [2.75, 3.05) is 13.7 Å². The molecule has 2 aromatic rings. The van der Waals surface area contributed by atoms with Crippen LogP contribution < -0.4 is 4.74 Å². The van der Waals surface area contributed by atoms with E-state index in [0.29, 0.717) is 5.75 Å². The Hall–Kier alpha value is -2.47. The lowest BCUT2D eigenvalue weighted by Crippen LogP contribution is -2.12. The van der Waals surface area contributed by atoms with E-state index in [1.54, 1.807) is 0 Å². The van der Waals surface area contributed by atoms with Crippen molar-refractivity contribution in [2.24, 2.45) is 0 Å². The van der Waals surface area contributed by atoms with Crippen LogP contribution in [0.1, 0.15) is 112 Å². The Labute approximate surface area is 211 Å². The molecule has 0 unspecified atom stereocenters. The van der Waals surface area contributed by atoms with E-state index in [-0.39, 0.29) is 23.1 Å². The van der Waals surface area contributed by atoms with Crippen molar-refractivity contribution in [1.29, 1.82) is 0 Å². The van der Waals surface area contributed by atoms with Gasteiger partial charge in [-0.25, -0.2) is 9.78 Å². The van der Waals surface area contributed by atoms with E-state index in [1.165, 1.54) is 38.2 Å². The normalized spacial score (nSPS) is 9.56. The van der Waals surface area contributed by atoms with Gasteiger partial charge in [0.15, 0.2) is 17.3 Å². The van der Waals surface area contributed by atoms with Gasteiger partial charge in [-0.2, -0.15) is 0 Å². The summed E-state index contributed by atoms with van der Waals surface area (Å²) >= 11 is 1.11. The van der Waals surface area contributed by atoms with Gasteiger partial charge in [0, 0.05) is 5.38 Å². The number of benzene rings is 1. The Balaban J connectivity index is 0. The summed E-state index contributed by atoms with van der Waals surface area (Å²) in [4.78, 5) is 27.7. The van der Waals surface area contributed by atoms with Crippen LogP contribution in [-0.2, 0) is 4.74 Å². The van der Waals surface area contributed by atoms with Crippen LogP contribution in [0.2, 0.25) is 0 Å². The fourth-order valence-electron chi connectivity index (χ4n) is 2.60. The van der Waals surface area contributed by atoms with E-state index in [1.807, 2.05) is 59.7 Å². The third kappa shape index (κ3) is 13.3. The van der Waals surface area contributed by atoms with Gasteiger partial charge in [-0.15, -0.1) is 11.3 Å². The number of hydrogen-bond donors (Lipinski definition) is 0. The Morgan fingerprint density at radius 2 is 1.71 bits per heavy atom. The first-order valence-electron chi connectivity index (χ1n) is 12.5. The number of methoxy groups -OCH3 is 1. The zero-order valence-corrected chi connectivity index (χ0v) is 23.5. The van der Waals surface area contributed by atoms with E-state index in [9.17, 15) is 9.59 Å². The van der Waals surface area contributed by atoms with Gasteiger partial charge < -0.3 is 9.47 Å². The Bertz CT molecular complexity index is 828. The van der Waals surface area contributed by atoms with Crippen molar-refractivity contribution in [3.8, 4) is 5.75 Å². The maximum atomic E-state index is 12.2. The summed E-state index contributed by atoms with van der Waals surface area (Å²) in [5, 5.41) is 1.74. The molecule has 5 nitrogen and oxygen atoms in total. The van der Waals surface area contributed by atoms with Gasteiger partial charge in [0.1, 0.15) is 5.75 Å². The molecular formula is C28H45NO4S. The van der Waals surface area contributed by atoms with Crippen molar-refractivity contribution in [3.05, 3.63) is 51.5 Å². The average molecular weight is 492 g/mol. The average Bonchev–Trinajstić information content (AvgIpc) is 3.40. The Kier molecular flexibility index (Phi) is 22.1. The predicted octanol–water partition coefficient (Wildman–Crippen LogP) is 8.56. The summed E-state index contributed by atoms with van der Waals surface area (Å²) in [5.41, 5.74) is 2.38. The molecule has 0 bridgehead atoms. The van der Waals surface area contributed by atoms with Crippen LogP contribution in [0.4, 0.5) is 0 Å². The largest absolute Gasteiger partial charge is 0.485 e. The highest BCUT2D eigenvalue weighted by Gasteiger charge is 2.16. The molecule has 1 aromatic carbocycles. The fourth-order valence-corrected chi connectivity index (χ4v) is 3.31. The first kappa shape index (κ1) is 33.7. The summed E-state index contributed by atoms with van der Waals surface area (Å²) in [7, 11) is 1.28. The van der Waals surface area contributed by atoms with Crippen LogP contribution >= 0.6 is 11.3 Å². The van der Waals surface area contributed by atoms with Crippen LogP contribution in [0, 0.1) is 6.92 Å². The van der Waals surface area contributed by atoms with E-state index < -0.39 is 5.97 Å². The topological polar surface area (TPSA) is 65.5 Å². The molecule has 0 spiro atoms. The van der Waals surface area contributed by atoms with E-state index in [4.69, 9.17) is 4.74 Å². The van der Waals surface area contributed by atoms with Crippen molar-refractivity contribution >= 4 is 29.2 Å². The van der Waals surface area contributed by atoms with Crippen molar-refractivity contribution in [2.45, 2.75) is 87.5 Å². The maximum absolute atomic E-state index is 12.2. The van der Waals surface area contributed by atoms with Crippen LogP contribution in [0.3, 0.4) is 0 Å². The number of allylic oxidation sites excluding steroid dienone is 1. The molecule has 0 radical (unpaired) electrons. The Morgan fingerprint density at radius 1 is 1.03 bits per heavy atom. The standard InChI is InChI=1S/C22H27NO4S.3C2H6/c1-4-5-6-7-8-9-10-17-13-18(12-11-16(17)2)27-14-20(24)21-23-19(15-28-21)22(25)26-3;3*1-2/h9-13,15H,4-8,14H2,1-3H3;3*1-2H3. The lowest BCUT2D eigenvalue weighted by atomic mass is 10.1. The second-order valence-electron chi connectivity index (χ2n) is 6.51. The molecule has 192 valence electrons. The molecule has 34 heavy (non-hydrogen) atoms. The number of Topliss-reactive ketones (excluding diaryl/α,β-unsaturated/α-hetero) is 1. The van der Waals surface area contributed by atoms with Crippen molar-refractivity contribution in [3.63, 3.8) is 0 Å². The van der Waals surface area contributed by atoms with Gasteiger partial charge in [0.2, 0.25) is 5.78 Å². The SMILES string of the molecule is CC.CC.CC.CCCCCCC=Cc1cc(OCC(=O)c2nc(C(=O)OC)cs2)ccc1C. The maximum Gasteiger partial charge on any atom is 0.357 e. The van der Waals surface area contributed by atoms with Gasteiger partial charge in [-0.3, -0.25) is 4.79 Å². The smallest absolute Gasteiger partial charge is 0.357 e. The van der Waals surface area contributed by atoms with Crippen LogP contribution in [0.5, 0.6) is 5.75 Å². The minimum absolute atomic E-state index is 0.128. The minimum atomic E-state index is -0.555. The van der Waals surface area contributed by atoms with Crippen LogP contribution in [0.15, 0.2) is 29.7 Å². The second kappa shape index (κ2) is 22.3. The summed E-state index contributed by atoms with van der Waals surface area (Å²) in [6.07, 6.45) is 10.4. The minimum Gasteiger partial charge on any atom is -0.485 e. The number of ether oxygens (including phenoxy) is 2. The first-order chi connectivity index (χ1) is 16.5. The zero-order valence-electron chi connectivity index (χ0n) is 22.7. The molecule has 0 saturated carbocycles. The molecule has 0 N–H and O–H groups in total. The lowest BCUT2D eigenvalue weighted by Gasteiger charge is -2.07. The quantitative estimate of drug-likeness (QED) is 0.179. The summed E-state index contributed by atoms with van der Waals surface area (Å²) in [6.45, 7) is 16.1. The molecule has 0 fully saturated rings. The highest BCUT2D eigenvalue weighted by molar-refractivity contribution is 7.12. The number of esters is 1. The summed E-state index contributed by atoms with van der Waals surface area (Å²) in [5.74, 6) is -0.191. The first-order valence-corrected chi connectivity index (χ1v) is 13.4. The van der Waals surface area contributed by atoms with Gasteiger partial charge in [0.05, 0.1) is 7.11 Å². The van der Waals surface area contributed by atoms with Crippen molar-refractivity contribution in [1.82, 2.24) is 4.98 Å². The van der Waals surface area contributed by atoms with E-state index >= 15 is 0 Å². The molecule has 0 amide bonds. The molecule has 0 atom stereocenters. The lowest BCUT2D eigenvalue weighted by molar-refractivity contribution is 0.0595. The number of nitrogens with zero attached hydrogens (tertiary/aromatic N) is 1. The molecule has 1 heterocycles. The number of ketones is 1. The molecule has 0 aliphatic carbocycles. The number of aryl methyl sites for hydroxylation is 1. The second-order valence-corrected chi connectivity index (χ2v) is 7.37. The number of aromatic nitrogens is 1. The molecule has 6 heteroatoms. The number of unbranched alkanes of at least 4 members (excludes halogenated alkanes) is 4. The number of carbonyl (C=O) groups is 2. The van der Waals surface area contributed by atoms with Gasteiger partial charge in [-0.05, 0) is 43.0 Å². The predicted molar refractivity (Wildman–Crippen MR) is 146 cm³/mol. The third-order valence-electron chi connectivity index (χ3n) is 4.28. The summed E-state index contributed by atoms with van der Waals surface area (Å²) < 4.78 is 10.2. The number of rotatable bonds is 11. The highest BCUT2D eigenvalue weighted by Crippen LogP contribution is 2.20. The highest BCUT2D eigenvalue weighted by atomic mass is 32.1. The van der Waals surface area contributed by atoms with E-state index in [0.717, 1.165) is 28.9 Å². The fraction of sp³-hybridized carbons (Fsp3) is 0.536. The van der Waals surface area contributed by atoms with Crippen LogP contribution in [-0.4, -0.2) is 30.5 Å². The molecule has 2 rings (SSSR count). The van der Waals surface area contributed by atoms with Gasteiger partial charge in [0.25, 0.3) is 0 Å². The van der Waals surface area contributed by atoms with Crippen molar-refractivity contribution < 1.29 is 19.1 Å². The number of carbonyl (C=O) groups excluding carboxylic acids is 2.